The van der Waals surface area contributed by atoms with Crippen LogP contribution in [0.4, 0.5) is 27.6 Å². The smallest absolute Gasteiger partial charge is 0.353 e. The minimum atomic E-state index is -4.80. The van der Waals surface area contributed by atoms with Crippen LogP contribution in [0.1, 0.15) is 46.2 Å². The lowest BCUT2D eigenvalue weighted by Crippen LogP contribution is -2.47. The Balaban J connectivity index is 2.33. The van der Waals surface area contributed by atoms with Crippen LogP contribution < -0.4 is 16.0 Å². The van der Waals surface area contributed by atoms with E-state index in [9.17, 15) is 41.1 Å². The first kappa shape index (κ1) is 28.6. The molecule has 0 bridgehead atoms. The largest absolute Gasteiger partial charge is 0.433 e. The van der Waals surface area contributed by atoms with Gasteiger partial charge in [0.2, 0.25) is 11.7 Å². The number of benzene rings is 1. The molecule has 3 amide bonds. The predicted octanol–water partition coefficient (Wildman–Crippen LogP) is 3.86. The zero-order valence-electron chi connectivity index (χ0n) is 18.8. The topological polar surface area (TPSA) is 117 Å². The summed E-state index contributed by atoms with van der Waals surface area (Å²) in [4.78, 5) is 52.7. The first-order valence-corrected chi connectivity index (χ1v) is 10.6. The number of nitrogens with one attached hydrogen (secondary N) is 3. The van der Waals surface area contributed by atoms with E-state index in [-0.39, 0.29) is 16.3 Å². The van der Waals surface area contributed by atoms with Crippen LogP contribution in [0.2, 0.25) is 5.02 Å². The number of aromatic nitrogens is 1. The van der Waals surface area contributed by atoms with Gasteiger partial charge in [0.15, 0.2) is 0 Å². The fourth-order valence-electron chi connectivity index (χ4n) is 2.92. The van der Waals surface area contributed by atoms with Gasteiger partial charge in [-0.25, -0.2) is 8.78 Å². The average molecular weight is 535 g/mol. The summed E-state index contributed by atoms with van der Waals surface area (Å²) in [5.41, 5.74) is -2.28. The number of anilines is 1. The van der Waals surface area contributed by atoms with Crippen molar-refractivity contribution < 1.29 is 41.1 Å². The molecule has 2 aromatic rings. The maximum atomic E-state index is 13.3. The number of carbonyl (C=O) groups excluding carboxylic acids is 4. The van der Waals surface area contributed by atoms with Crippen molar-refractivity contribution in [3.8, 4) is 0 Å². The number of alkyl halides is 5. The second-order valence-electron chi connectivity index (χ2n) is 7.65. The fourth-order valence-corrected chi connectivity index (χ4v) is 3.09. The van der Waals surface area contributed by atoms with Crippen molar-refractivity contribution in [3.05, 3.63) is 58.4 Å². The summed E-state index contributed by atoms with van der Waals surface area (Å²) in [5.74, 6) is -7.58. The highest BCUT2D eigenvalue weighted by atomic mass is 35.5. The molecule has 0 aliphatic heterocycles. The first-order chi connectivity index (χ1) is 16.6. The summed E-state index contributed by atoms with van der Waals surface area (Å²) in [6, 6.07) is 3.41. The summed E-state index contributed by atoms with van der Waals surface area (Å²) >= 11 is 5.92. The van der Waals surface area contributed by atoms with Gasteiger partial charge in [-0.1, -0.05) is 11.6 Å². The number of pyridine rings is 1. The molecule has 1 atom stereocenters. The van der Waals surface area contributed by atoms with Gasteiger partial charge in [0.25, 0.3) is 17.7 Å². The lowest BCUT2D eigenvalue weighted by atomic mass is 10.0. The fraction of sp³-hybridized carbons (Fsp3) is 0.318. The van der Waals surface area contributed by atoms with Crippen molar-refractivity contribution in [1.82, 2.24) is 15.6 Å². The van der Waals surface area contributed by atoms with Crippen molar-refractivity contribution in [2.24, 2.45) is 0 Å². The Kier molecular flexibility index (Phi) is 9.08. The van der Waals surface area contributed by atoms with Gasteiger partial charge in [-0.2, -0.15) is 13.2 Å². The number of carbonyl (C=O) groups is 4. The molecule has 1 aromatic heterocycles. The van der Waals surface area contributed by atoms with Crippen LogP contribution in [0.15, 0.2) is 36.5 Å². The Morgan fingerprint density at radius 1 is 1.03 bits per heavy atom. The number of hydrogen-bond acceptors (Lipinski definition) is 5. The van der Waals surface area contributed by atoms with E-state index in [0.717, 1.165) is 25.4 Å². The van der Waals surface area contributed by atoms with Crippen molar-refractivity contribution in [2.75, 3.05) is 12.4 Å². The van der Waals surface area contributed by atoms with E-state index in [1.54, 1.807) is 0 Å². The Bertz CT molecular complexity index is 1170. The third-order valence-electron chi connectivity index (χ3n) is 4.73. The number of ketones is 1. The van der Waals surface area contributed by atoms with E-state index in [4.69, 9.17) is 11.6 Å². The van der Waals surface area contributed by atoms with Crippen LogP contribution in [0.5, 0.6) is 0 Å². The Hall–Kier alpha value is -3.61. The molecule has 194 valence electrons. The number of nitrogens with zero attached hydrogens (tertiary/aromatic N) is 1. The first-order valence-electron chi connectivity index (χ1n) is 10.2. The molecule has 0 aliphatic carbocycles. The number of Topliss-reactive ketones (excluding diaryl/α,β-unsaturated/α-hetero) is 1. The molecule has 0 unspecified atom stereocenters. The van der Waals surface area contributed by atoms with Crippen LogP contribution in [-0.2, 0) is 15.8 Å². The van der Waals surface area contributed by atoms with Gasteiger partial charge < -0.3 is 16.0 Å². The van der Waals surface area contributed by atoms with Crippen molar-refractivity contribution in [1.29, 1.82) is 0 Å². The number of likely N-dealkylation sites (N-methyl/N-ethyl adjacent to an activating group) is 1. The molecule has 36 heavy (non-hydrogen) atoms. The molecule has 8 nitrogen and oxygen atoms in total. The average Bonchev–Trinajstić information content (AvgIpc) is 2.80. The zero-order chi connectivity index (χ0) is 27.3. The lowest BCUT2D eigenvalue weighted by Gasteiger charge is -2.20. The number of hydrogen-bond donors (Lipinski definition) is 3. The van der Waals surface area contributed by atoms with Crippen molar-refractivity contribution >= 4 is 40.8 Å². The Labute approximate surface area is 206 Å². The maximum Gasteiger partial charge on any atom is 0.433 e. The van der Waals surface area contributed by atoms with Crippen molar-refractivity contribution in [2.45, 2.75) is 37.9 Å². The molecule has 0 spiro atoms. The molecule has 0 radical (unpaired) electrons. The third kappa shape index (κ3) is 7.97. The second kappa shape index (κ2) is 11.4. The highest BCUT2D eigenvalue weighted by Crippen LogP contribution is 2.28. The normalized spacial score (nSPS) is 12.4. The van der Waals surface area contributed by atoms with Crippen LogP contribution in [0.25, 0.3) is 0 Å². The molecular weight excluding hydrogens is 515 g/mol. The zero-order valence-corrected chi connectivity index (χ0v) is 19.6. The van der Waals surface area contributed by atoms with Gasteiger partial charge in [-0.15, -0.1) is 0 Å². The van der Waals surface area contributed by atoms with Gasteiger partial charge in [0.05, 0.1) is 17.3 Å². The van der Waals surface area contributed by atoms with E-state index in [1.807, 2.05) is 5.32 Å². The molecule has 0 aliphatic rings. The highest BCUT2D eigenvalue weighted by molar-refractivity contribution is 6.38. The summed E-state index contributed by atoms with van der Waals surface area (Å²) in [7, 11) is 1.14. The van der Waals surface area contributed by atoms with E-state index < -0.39 is 65.7 Å². The lowest BCUT2D eigenvalue weighted by molar-refractivity contribution is -0.141. The van der Waals surface area contributed by atoms with Crippen LogP contribution >= 0.6 is 11.6 Å². The van der Waals surface area contributed by atoms with Crippen LogP contribution in [-0.4, -0.2) is 47.5 Å². The van der Waals surface area contributed by atoms with Gasteiger partial charge in [-0.3, -0.25) is 24.2 Å². The molecule has 0 saturated carbocycles. The number of halogens is 6. The Morgan fingerprint density at radius 2 is 1.69 bits per heavy atom. The molecule has 3 N–H and O–H groups in total. The third-order valence-corrected chi connectivity index (χ3v) is 4.97. The van der Waals surface area contributed by atoms with Gasteiger partial charge in [0.1, 0.15) is 5.69 Å². The number of amides is 3. The predicted molar refractivity (Wildman–Crippen MR) is 119 cm³/mol. The molecule has 1 aromatic carbocycles. The van der Waals surface area contributed by atoms with Gasteiger partial charge in [-0.05, 0) is 43.7 Å². The van der Waals surface area contributed by atoms with E-state index in [1.165, 1.54) is 12.1 Å². The van der Waals surface area contributed by atoms with Crippen LogP contribution in [0, 0.1) is 0 Å². The van der Waals surface area contributed by atoms with Gasteiger partial charge in [0, 0.05) is 30.3 Å². The molecule has 14 heteroatoms. The minimum absolute atomic E-state index is 0.00990. The van der Waals surface area contributed by atoms with E-state index in [0.29, 0.717) is 13.0 Å². The van der Waals surface area contributed by atoms with Crippen molar-refractivity contribution in [3.63, 3.8) is 0 Å². The molecule has 1 heterocycles. The highest BCUT2D eigenvalue weighted by Gasteiger charge is 2.33. The monoisotopic (exact) mass is 534 g/mol. The number of rotatable bonds is 9. The van der Waals surface area contributed by atoms with Crippen LogP contribution in [0.3, 0.4) is 0 Å². The minimum Gasteiger partial charge on any atom is -0.353 e. The van der Waals surface area contributed by atoms with E-state index >= 15 is 0 Å². The summed E-state index contributed by atoms with van der Waals surface area (Å²) in [6.45, 7) is 0.601. The summed E-state index contributed by atoms with van der Waals surface area (Å²) in [6.07, 6.45) is -5.43. The van der Waals surface area contributed by atoms with Gasteiger partial charge >= 0.3 is 6.18 Å². The second-order valence-corrected chi connectivity index (χ2v) is 8.09. The van der Waals surface area contributed by atoms with E-state index in [2.05, 4.69) is 15.6 Å². The Morgan fingerprint density at radius 3 is 2.28 bits per heavy atom. The molecular formula is C22H20ClF5N4O4. The standard InChI is InChI=1S/C22H20ClF5N4O4/c1-21(24,25)7-5-15(17(33)20(36)29-2)32-19(35)13-10-12(23)3-4-14(13)31-18(34)11-6-8-30-16(9-11)22(26,27)28/h3-4,6,8-10,15H,5,7H2,1-2H3,(H,29,36)(H,31,34)(H,32,35)/t15-/m0/s1. The maximum absolute atomic E-state index is 13.3. The molecule has 0 fully saturated rings. The quantitative estimate of drug-likeness (QED) is 0.334. The SMILES string of the molecule is CNC(=O)C(=O)[C@H](CCC(C)(F)F)NC(=O)c1cc(Cl)ccc1NC(=O)c1ccnc(C(F)(F)F)c1. The summed E-state index contributed by atoms with van der Waals surface area (Å²) < 4.78 is 65.4. The molecule has 2 rings (SSSR count). The summed E-state index contributed by atoms with van der Waals surface area (Å²) in [5, 5.41) is 6.50. The molecule has 0 saturated heterocycles.